The molecule has 0 aromatic heterocycles. The van der Waals surface area contributed by atoms with Crippen molar-refractivity contribution in [2.75, 3.05) is 47.9 Å². The van der Waals surface area contributed by atoms with Crippen molar-refractivity contribution in [1.29, 1.82) is 0 Å². The van der Waals surface area contributed by atoms with Gasteiger partial charge in [-0.15, -0.1) is 0 Å². The van der Waals surface area contributed by atoms with Crippen molar-refractivity contribution in [1.82, 2.24) is 9.80 Å². The van der Waals surface area contributed by atoms with Crippen molar-refractivity contribution in [2.45, 2.75) is 43.7 Å². The van der Waals surface area contributed by atoms with Crippen LogP contribution in [0.2, 0.25) is 0 Å². The number of hydrogen-bond acceptors (Lipinski definition) is 4. The summed E-state index contributed by atoms with van der Waals surface area (Å²) in [5.41, 5.74) is 6.35. The van der Waals surface area contributed by atoms with Crippen LogP contribution in [0.25, 0.3) is 0 Å². The minimum absolute atomic E-state index is 0.0205. The molecule has 1 aliphatic rings. The molecule has 0 saturated heterocycles. The van der Waals surface area contributed by atoms with Gasteiger partial charge in [-0.1, -0.05) is 6.92 Å². The lowest BCUT2D eigenvalue weighted by Gasteiger charge is -2.52. The second-order valence-corrected chi connectivity index (χ2v) is 6.04. The lowest BCUT2D eigenvalue weighted by atomic mass is 9.74. The van der Waals surface area contributed by atoms with Crippen LogP contribution in [-0.4, -0.2) is 68.8 Å². The molecule has 108 valence electrons. The molecule has 4 heteroatoms. The van der Waals surface area contributed by atoms with Crippen molar-refractivity contribution in [3.63, 3.8) is 0 Å². The highest BCUT2D eigenvalue weighted by molar-refractivity contribution is 5.01. The van der Waals surface area contributed by atoms with Crippen molar-refractivity contribution in [2.24, 2.45) is 5.73 Å². The summed E-state index contributed by atoms with van der Waals surface area (Å²) < 4.78 is 5.40. The molecule has 0 aromatic carbocycles. The average Bonchev–Trinajstić information content (AvgIpc) is 2.30. The molecule has 0 radical (unpaired) electrons. The van der Waals surface area contributed by atoms with Crippen LogP contribution in [0.1, 0.15) is 32.6 Å². The van der Waals surface area contributed by atoms with Gasteiger partial charge in [-0.25, -0.2) is 0 Å². The number of rotatable bonds is 8. The molecule has 1 atom stereocenters. The summed E-state index contributed by atoms with van der Waals surface area (Å²) in [7, 11) is 8.34. The van der Waals surface area contributed by atoms with E-state index in [1.807, 2.05) is 0 Å². The molecule has 1 fully saturated rings. The lowest BCUT2D eigenvalue weighted by molar-refractivity contribution is -0.0338. The highest BCUT2D eigenvalue weighted by atomic mass is 16.5. The molecule has 0 aliphatic heterocycles. The minimum Gasteiger partial charge on any atom is -0.383 e. The van der Waals surface area contributed by atoms with Gasteiger partial charge in [0.15, 0.2) is 0 Å². The summed E-state index contributed by atoms with van der Waals surface area (Å²) >= 11 is 0. The molecule has 0 spiro atoms. The monoisotopic (exact) mass is 257 g/mol. The number of nitrogens with zero attached hydrogens (tertiary/aromatic N) is 2. The maximum atomic E-state index is 6.02. The maximum Gasteiger partial charge on any atom is 0.0658 e. The van der Waals surface area contributed by atoms with E-state index in [0.717, 1.165) is 13.0 Å². The molecule has 2 N–H and O–H groups in total. The molecule has 1 rings (SSSR count). The molecule has 0 amide bonds. The van der Waals surface area contributed by atoms with Crippen LogP contribution >= 0.6 is 0 Å². The van der Waals surface area contributed by atoms with E-state index in [-0.39, 0.29) is 5.54 Å². The Hall–Kier alpha value is -0.160. The van der Waals surface area contributed by atoms with Crippen molar-refractivity contribution in [3.05, 3.63) is 0 Å². The molecule has 4 nitrogen and oxygen atoms in total. The summed E-state index contributed by atoms with van der Waals surface area (Å²) in [6.07, 6.45) is 4.96. The van der Waals surface area contributed by atoms with Crippen LogP contribution in [0.15, 0.2) is 0 Å². The summed E-state index contributed by atoms with van der Waals surface area (Å²) in [6, 6.07) is 0. The highest BCUT2D eigenvalue weighted by Gasteiger charge is 2.43. The van der Waals surface area contributed by atoms with Gasteiger partial charge >= 0.3 is 0 Å². The fourth-order valence-corrected chi connectivity index (χ4v) is 3.05. The first-order valence-corrected chi connectivity index (χ1v) is 7.04. The first-order chi connectivity index (χ1) is 8.46. The van der Waals surface area contributed by atoms with Gasteiger partial charge in [-0.3, -0.25) is 4.90 Å². The number of likely N-dealkylation sites (N-methyl/N-ethyl adjacent to an activating group) is 2. The second-order valence-electron chi connectivity index (χ2n) is 6.04. The van der Waals surface area contributed by atoms with E-state index in [4.69, 9.17) is 10.5 Å². The predicted molar refractivity (Wildman–Crippen MR) is 76.9 cm³/mol. The Bertz CT molecular complexity index is 247. The van der Waals surface area contributed by atoms with Gasteiger partial charge in [0.1, 0.15) is 0 Å². The van der Waals surface area contributed by atoms with Crippen LogP contribution < -0.4 is 5.73 Å². The summed E-state index contributed by atoms with van der Waals surface area (Å²) in [5.74, 6) is 0. The van der Waals surface area contributed by atoms with Gasteiger partial charge < -0.3 is 15.4 Å². The second kappa shape index (κ2) is 6.33. The Balaban J connectivity index is 2.74. The third-order valence-electron chi connectivity index (χ3n) is 5.03. The van der Waals surface area contributed by atoms with Crippen LogP contribution in [0.4, 0.5) is 0 Å². The zero-order valence-corrected chi connectivity index (χ0v) is 12.8. The van der Waals surface area contributed by atoms with E-state index in [1.54, 1.807) is 7.11 Å². The molecule has 0 bridgehead atoms. The quantitative estimate of drug-likeness (QED) is 0.708. The van der Waals surface area contributed by atoms with Gasteiger partial charge in [-0.2, -0.15) is 0 Å². The van der Waals surface area contributed by atoms with Gasteiger partial charge in [0.25, 0.3) is 0 Å². The molecule has 1 aliphatic carbocycles. The molecular formula is C14H31N3O. The lowest BCUT2D eigenvalue weighted by Crippen LogP contribution is -2.63. The fraction of sp³-hybridized carbons (Fsp3) is 1.00. The Labute approximate surface area is 112 Å². The maximum absolute atomic E-state index is 6.02. The zero-order valence-electron chi connectivity index (χ0n) is 12.8. The van der Waals surface area contributed by atoms with Crippen molar-refractivity contribution >= 4 is 0 Å². The van der Waals surface area contributed by atoms with E-state index in [9.17, 15) is 0 Å². The standard InChI is InChI=1S/C14H31N3O/c1-6-13(10-15,12-18-5)17(4)11-14(16(2)3)8-7-9-14/h6-12,15H2,1-5H3. The normalized spacial score (nSPS) is 22.0. The minimum atomic E-state index is -0.0205. The van der Waals surface area contributed by atoms with E-state index in [1.165, 1.54) is 19.3 Å². The Kier molecular flexibility index (Phi) is 5.59. The molecule has 1 unspecified atom stereocenters. The van der Waals surface area contributed by atoms with Gasteiger partial charge in [0, 0.05) is 25.7 Å². The van der Waals surface area contributed by atoms with Crippen LogP contribution in [0.5, 0.6) is 0 Å². The van der Waals surface area contributed by atoms with Crippen molar-refractivity contribution < 1.29 is 4.74 Å². The van der Waals surface area contributed by atoms with E-state index in [2.05, 4.69) is 37.9 Å². The van der Waals surface area contributed by atoms with E-state index >= 15 is 0 Å². The first kappa shape index (κ1) is 15.9. The Morgan fingerprint density at radius 2 is 1.89 bits per heavy atom. The molecular weight excluding hydrogens is 226 g/mol. The van der Waals surface area contributed by atoms with Crippen LogP contribution in [0, 0.1) is 0 Å². The molecule has 1 saturated carbocycles. The third-order valence-corrected chi connectivity index (χ3v) is 5.03. The predicted octanol–water partition coefficient (Wildman–Crippen LogP) is 1.16. The first-order valence-electron chi connectivity index (χ1n) is 7.04. The molecule has 18 heavy (non-hydrogen) atoms. The molecule has 0 heterocycles. The zero-order chi connectivity index (χ0) is 13.8. The Morgan fingerprint density at radius 3 is 2.17 bits per heavy atom. The summed E-state index contributed by atoms with van der Waals surface area (Å²) in [5, 5.41) is 0. The smallest absolute Gasteiger partial charge is 0.0658 e. The third kappa shape index (κ3) is 2.87. The highest BCUT2D eigenvalue weighted by Crippen LogP contribution is 2.38. The van der Waals surface area contributed by atoms with Gasteiger partial charge in [0.2, 0.25) is 0 Å². The fourth-order valence-electron chi connectivity index (χ4n) is 3.05. The van der Waals surface area contributed by atoms with E-state index in [0.29, 0.717) is 18.7 Å². The Morgan fingerprint density at radius 1 is 1.28 bits per heavy atom. The van der Waals surface area contributed by atoms with Crippen molar-refractivity contribution in [3.8, 4) is 0 Å². The average molecular weight is 257 g/mol. The molecule has 0 aromatic rings. The number of methoxy groups -OCH3 is 1. The van der Waals surface area contributed by atoms with Crippen LogP contribution in [-0.2, 0) is 4.74 Å². The SMILES string of the molecule is CCC(CN)(COC)N(C)CC1(N(C)C)CCC1. The van der Waals surface area contributed by atoms with Crippen LogP contribution in [0.3, 0.4) is 0 Å². The van der Waals surface area contributed by atoms with Gasteiger partial charge in [0.05, 0.1) is 12.1 Å². The summed E-state index contributed by atoms with van der Waals surface area (Å²) in [4.78, 5) is 4.81. The van der Waals surface area contributed by atoms with Gasteiger partial charge in [-0.05, 0) is 46.8 Å². The topological polar surface area (TPSA) is 41.7 Å². The summed E-state index contributed by atoms with van der Waals surface area (Å²) in [6.45, 7) is 4.64. The van der Waals surface area contributed by atoms with E-state index < -0.39 is 0 Å². The number of ether oxygens (including phenoxy) is 1. The number of hydrogen-bond donors (Lipinski definition) is 1. The number of nitrogens with two attached hydrogens (primary N) is 1. The largest absolute Gasteiger partial charge is 0.383 e.